The molecule has 2 N–H and O–H groups in total. The number of hydrogen-bond donors (Lipinski definition) is 2. The number of nitrogens with one attached hydrogen (secondary N) is 2. The summed E-state index contributed by atoms with van der Waals surface area (Å²) in [5, 5.41) is 3.41. The molecule has 1 aromatic carbocycles. The lowest BCUT2D eigenvalue weighted by molar-refractivity contribution is 0.0341. The van der Waals surface area contributed by atoms with Crippen molar-refractivity contribution in [3.05, 3.63) is 63.8 Å². The monoisotopic (exact) mass is 332 g/mol. The molecule has 1 saturated heterocycles. The van der Waals surface area contributed by atoms with E-state index in [2.05, 4.69) is 10.3 Å². The Balaban J connectivity index is 1.94. The minimum atomic E-state index is -0.584. The number of methoxy groups -OCH3 is 1. The van der Waals surface area contributed by atoms with Crippen LogP contribution in [-0.2, 0) is 16.8 Å². The zero-order chi connectivity index (χ0) is 17.0. The smallest absolute Gasteiger partial charge is 0.252 e. The first-order valence-electron chi connectivity index (χ1n) is 7.99. The minimum absolute atomic E-state index is 0.140. The molecule has 1 aliphatic heterocycles. The Morgan fingerprint density at radius 3 is 2.79 bits per heavy atom. The molecule has 0 atom stereocenters. The number of H-pyrrole nitrogens is 1. The SMILES string of the molecule is COc1cccc(C2(NCc3ccc[nH]c3=O)CCOCC2)c1F. The Hall–Kier alpha value is -2.18. The number of rotatable bonds is 5. The molecule has 0 amide bonds. The Kier molecular flexibility index (Phi) is 4.97. The lowest BCUT2D eigenvalue weighted by Gasteiger charge is -2.39. The molecule has 2 aromatic rings. The van der Waals surface area contributed by atoms with Crippen molar-refractivity contribution in [3.8, 4) is 5.75 Å². The highest BCUT2D eigenvalue weighted by Crippen LogP contribution is 2.36. The Morgan fingerprint density at radius 1 is 1.29 bits per heavy atom. The maximum Gasteiger partial charge on any atom is 0.252 e. The number of hydrogen-bond acceptors (Lipinski definition) is 4. The van der Waals surface area contributed by atoms with Crippen LogP contribution in [0.15, 0.2) is 41.3 Å². The van der Waals surface area contributed by atoms with Crippen LogP contribution in [0.3, 0.4) is 0 Å². The molecule has 1 aliphatic rings. The van der Waals surface area contributed by atoms with Crippen molar-refractivity contribution in [1.29, 1.82) is 0 Å². The van der Waals surface area contributed by atoms with Crippen molar-refractivity contribution in [2.45, 2.75) is 24.9 Å². The first kappa shape index (κ1) is 16.7. The zero-order valence-corrected chi connectivity index (χ0v) is 13.6. The van der Waals surface area contributed by atoms with Gasteiger partial charge in [-0.3, -0.25) is 4.79 Å². The van der Waals surface area contributed by atoms with Crippen LogP contribution in [0, 0.1) is 5.82 Å². The lowest BCUT2D eigenvalue weighted by atomic mass is 9.82. The number of halogens is 1. The van der Waals surface area contributed by atoms with Gasteiger partial charge in [-0.1, -0.05) is 18.2 Å². The molecule has 2 heterocycles. The summed E-state index contributed by atoms with van der Waals surface area (Å²) in [6, 6.07) is 8.70. The predicted molar refractivity (Wildman–Crippen MR) is 88.6 cm³/mol. The van der Waals surface area contributed by atoms with Crippen molar-refractivity contribution in [2.24, 2.45) is 0 Å². The quantitative estimate of drug-likeness (QED) is 0.882. The van der Waals surface area contributed by atoms with Crippen LogP contribution in [0.25, 0.3) is 0 Å². The van der Waals surface area contributed by atoms with Gasteiger partial charge in [0.25, 0.3) is 5.56 Å². The Bertz CT molecular complexity index is 754. The highest BCUT2D eigenvalue weighted by Gasteiger charge is 2.37. The number of pyridine rings is 1. The van der Waals surface area contributed by atoms with Crippen LogP contribution < -0.4 is 15.6 Å². The molecule has 3 rings (SSSR count). The van der Waals surface area contributed by atoms with E-state index in [4.69, 9.17) is 9.47 Å². The molecule has 0 radical (unpaired) electrons. The normalized spacial score (nSPS) is 16.8. The van der Waals surface area contributed by atoms with Crippen LogP contribution >= 0.6 is 0 Å². The maximum absolute atomic E-state index is 14.8. The van der Waals surface area contributed by atoms with E-state index in [0.29, 0.717) is 43.7 Å². The molecule has 0 bridgehead atoms. The van der Waals surface area contributed by atoms with E-state index in [1.807, 2.05) is 0 Å². The molecule has 6 heteroatoms. The molecule has 1 aromatic heterocycles. The van der Waals surface area contributed by atoms with Crippen LogP contribution in [-0.4, -0.2) is 25.3 Å². The lowest BCUT2D eigenvalue weighted by Crippen LogP contribution is -2.47. The maximum atomic E-state index is 14.8. The summed E-state index contributed by atoms with van der Waals surface area (Å²) < 4.78 is 25.4. The van der Waals surface area contributed by atoms with Gasteiger partial charge in [0, 0.05) is 37.1 Å². The van der Waals surface area contributed by atoms with Crippen molar-refractivity contribution in [3.63, 3.8) is 0 Å². The average molecular weight is 332 g/mol. The molecule has 0 saturated carbocycles. The van der Waals surface area contributed by atoms with Gasteiger partial charge in [0.2, 0.25) is 0 Å². The number of aromatic amines is 1. The van der Waals surface area contributed by atoms with E-state index in [-0.39, 0.29) is 17.1 Å². The zero-order valence-electron chi connectivity index (χ0n) is 13.6. The fourth-order valence-electron chi connectivity index (χ4n) is 3.16. The molecular formula is C18H21FN2O3. The van der Waals surface area contributed by atoms with Gasteiger partial charge in [0.1, 0.15) is 0 Å². The molecule has 128 valence electrons. The van der Waals surface area contributed by atoms with Crippen LogP contribution in [0.2, 0.25) is 0 Å². The molecule has 0 spiro atoms. The first-order valence-corrected chi connectivity index (χ1v) is 7.99. The van der Waals surface area contributed by atoms with E-state index >= 15 is 0 Å². The standard InChI is InChI=1S/C18H21FN2O3/c1-23-15-6-2-5-14(16(15)19)18(7-10-24-11-8-18)21-12-13-4-3-9-20-17(13)22/h2-6,9,21H,7-8,10-12H2,1H3,(H,20,22). The molecule has 1 fully saturated rings. The third-order valence-corrected chi connectivity index (χ3v) is 4.56. The van der Waals surface area contributed by atoms with E-state index in [1.165, 1.54) is 7.11 Å². The Labute approximate surface area is 139 Å². The molecule has 0 unspecified atom stereocenters. The van der Waals surface area contributed by atoms with Gasteiger partial charge in [0.15, 0.2) is 11.6 Å². The first-order chi connectivity index (χ1) is 11.7. The van der Waals surface area contributed by atoms with E-state index in [0.717, 1.165) is 0 Å². The summed E-state index contributed by atoms with van der Waals surface area (Å²) in [5.41, 5.74) is 0.446. The summed E-state index contributed by atoms with van der Waals surface area (Å²) in [6.07, 6.45) is 2.85. The fraction of sp³-hybridized carbons (Fsp3) is 0.389. The van der Waals surface area contributed by atoms with Gasteiger partial charge in [-0.15, -0.1) is 0 Å². The van der Waals surface area contributed by atoms with E-state index in [1.54, 1.807) is 36.5 Å². The summed E-state index contributed by atoms with van der Waals surface area (Å²) in [5.74, 6) is -0.144. The molecule has 5 nitrogen and oxygen atoms in total. The van der Waals surface area contributed by atoms with Gasteiger partial charge in [-0.2, -0.15) is 0 Å². The van der Waals surface area contributed by atoms with Crippen LogP contribution in [0.5, 0.6) is 5.75 Å². The highest BCUT2D eigenvalue weighted by molar-refractivity contribution is 5.36. The summed E-state index contributed by atoms with van der Waals surface area (Å²) in [6.45, 7) is 1.43. The number of benzene rings is 1. The third-order valence-electron chi connectivity index (χ3n) is 4.56. The van der Waals surface area contributed by atoms with Gasteiger partial charge in [0.05, 0.1) is 12.6 Å². The van der Waals surface area contributed by atoms with E-state index in [9.17, 15) is 9.18 Å². The van der Waals surface area contributed by atoms with Gasteiger partial charge in [-0.05, 0) is 25.0 Å². The van der Waals surface area contributed by atoms with Gasteiger partial charge >= 0.3 is 0 Å². The highest BCUT2D eigenvalue weighted by atomic mass is 19.1. The predicted octanol–water partition coefficient (Wildman–Crippen LogP) is 2.32. The second kappa shape index (κ2) is 7.15. The molecular weight excluding hydrogens is 311 g/mol. The second-order valence-electron chi connectivity index (χ2n) is 5.89. The number of aromatic nitrogens is 1. The molecule has 24 heavy (non-hydrogen) atoms. The van der Waals surface area contributed by atoms with Gasteiger partial charge in [-0.25, -0.2) is 4.39 Å². The summed E-state index contributed by atoms with van der Waals surface area (Å²) in [4.78, 5) is 14.5. The van der Waals surface area contributed by atoms with Gasteiger partial charge < -0.3 is 19.8 Å². The minimum Gasteiger partial charge on any atom is -0.494 e. The summed E-state index contributed by atoms with van der Waals surface area (Å²) >= 11 is 0. The summed E-state index contributed by atoms with van der Waals surface area (Å²) in [7, 11) is 1.45. The number of ether oxygens (including phenoxy) is 2. The fourth-order valence-corrected chi connectivity index (χ4v) is 3.16. The van der Waals surface area contributed by atoms with Crippen LogP contribution in [0.4, 0.5) is 4.39 Å². The molecule has 0 aliphatic carbocycles. The van der Waals surface area contributed by atoms with Crippen molar-refractivity contribution < 1.29 is 13.9 Å². The van der Waals surface area contributed by atoms with E-state index < -0.39 is 5.54 Å². The van der Waals surface area contributed by atoms with Crippen molar-refractivity contribution in [1.82, 2.24) is 10.3 Å². The van der Waals surface area contributed by atoms with Crippen LogP contribution in [0.1, 0.15) is 24.0 Å². The topological polar surface area (TPSA) is 63.3 Å². The van der Waals surface area contributed by atoms with Crippen molar-refractivity contribution in [2.75, 3.05) is 20.3 Å². The average Bonchev–Trinajstić information content (AvgIpc) is 2.62. The third kappa shape index (κ3) is 3.20. The largest absolute Gasteiger partial charge is 0.494 e. The second-order valence-corrected chi connectivity index (χ2v) is 5.89. The Morgan fingerprint density at radius 2 is 2.08 bits per heavy atom. The van der Waals surface area contributed by atoms with Crippen molar-refractivity contribution >= 4 is 0 Å².